The Bertz CT molecular complexity index is 649. The first kappa shape index (κ1) is 12.7. The van der Waals surface area contributed by atoms with Gasteiger partial charge in [-0.3, -0.25) is 4.79 Å². The molecule has 0 aliphatic rings. The standard InChI is InChI=1S/C12H12N4O3/c1-19-9-4-2-8(3-5-9)10-6-14-16(7-11(13)17)12(18)15-10/h2-6H,7H2,1H3,(H2,13,17). The number of primary amides is 1. The lowest BCUT2D eigenvalue weighted by Gasteiger charge is -2.04. The summed E-state index contributed by atoms with van der Waals surface area (Å²) in [5, 5.41) is 3.85. The smallest absolute Gasteiger partial charge is 0.365 e. The zero-order chi connectivity index (χ0) is 13.8. The van der Waals surface area contributed by atoms with Crippen LogP contribution in [0.15, 0.2) is 35.3 Å². The molecule has 1 amide bonds. The molecule has 98 valence electrons. The highest BCUT2D eigenvalue weighted by molar-refractivity contribution is 5.73. The Labute approximate surface area is 108 Å². The molecule has 7 nitrogen and oxygen atoms in total. The summed E-state index contributed by atoms with van der Waals surface area (Å²) in [7, 11) is 1.57. The van der Waals surface area contributed by atoms with Gasteiger partial charge < -0.3 is 10.5 Å². The van der Waals surface area contributed by atoms with E-state index in [1.165, 1.54) is 6.20 Å². The number of hydrogen-bond donors (Lipinski definition) is 1. The highest BCUT2D eigenvalue weighted by Crippen LogP contribution is 2.18. The SMILES string of the molecule is COc1ccc(-c2cnn(CC(N)=O)c(=O)n2)cc1. The number of carbonyl (C=O) groups excluding carboxylic acids is 1. The molecule has 0 bridgehead atoms. The predicted octanol–water partition coefficient (Wildman–Crippen LogP) is -0.201. The zero-order valence-electron chi connectivity index (χ0n) is 10.2. The summed E-state index contributed by atoms with van der Waals surface area (Å²) < 4.78 is 5.95. The first-order valence-corrected chi connectivity index (χ1v) is 5.47. The van der Waals surface area contributed by atoms with E-state index < -0.39 is 11.6 Å². The van der Waals surface area contributed by atoms with Gasteiger partial charge in [0, 0.05) is 5.56 Å². The topological polar surface area (TPSA) is 100 Å². The molecule has 0 aliphatic heterocycles. The van der Waals surface area contributed by atoms with Crippen molar-refractivity contribution >= 4 is 5.91 Å². The van der Waals surface area contributed by atoms with Crippen LogP contribution in [0.3, 0.4) is 0 Å². The number of hydrogen-bond acceptors (Lipinski definition) is 5. The van der Waals surface area contributed by atoms with Crippen molar-refractivity contribution in [3.63, 3.8) is 0 Å². The minimum absolute atomic E-state index is 0.283. The van der Waals surface area contributed by atoms with E-state index in [4.69, 9.17) is 10.5 Å². The predicted molar refractivity (Wildman–Crippen MR) is 67.5 cm³/mol. The second kappa shape index (κ2) is 5.30. The van der Waals surface area contributed by atoms with Gasteiger partial charge >= 0.3 is 5.69 Å². The third kappa shape index (κ3) is 2.95. The van der Waals surface area contributed by atoms with Crippen LogP contribution in [0.25, 0.3) is 11.3 Å². The maximum Gasteiger partial charge on any atom is 0.365 e. The van der Waals surface area contributed by atoms with E-state index in [0.717, 1.165) is 10.2 Å². The molecular formula is C12H12N4O3. The lowest BCUT2D eigenvalue weighted by atomic mass is 10.1. The zero-order valence-corrected chi connectivity index (χ0v) is 10.2. The van der Waals surface area contributed by atoms with Gasteiger partial charge in [-0.05, 0) is 24.3 Å². The van der Waals surface area contributed by atoms with E-state index in [0.29, 0.717) is 11.4 Å². The van der Waals surface area contributed by atoms with Gasteiger partial charge in [0.2, 0.25) is 5.91 Å². The van der Waals surface area contributed by atoms with Crippen LogP contribution in [-0.2, 0) is 11.3 Å². The normalized spacial score (nSPS) is 10.2. The maximum atomic E-state index is 11.6. The van der Waals surface area contributed by atoms with E-state index in [1.54, 1.807) is 31.4 Å². The van der Waals surface area contributed by atoms with Crippen molar-refractivity contribution in [3.8, 4) is 17.0 Å². The molecule has 2 aromatic rings. The third-order valence-corrected chi connectivity index (χ3v) is 2.45. The lowest BCUT2D eigenvalue weighted by Crippen LogP contribution is -2.31. The highest BCUT2D eigenvalue weighted by atomic mass is 16.5. The largest absolute Gasteiger partial charge is 0.497 e. The van der Waals surface area contributed by atoms with Crippen LogP contribution in [0, 0.1) is 0 Å². The van der Waals surface area contributed by atoms with Gasteiger partial charge in [0.1, 0.15) is 12.3 Å². The first-order chi connectivity index (χ1) is 9.10. The Morgan fingerprint density at radius 2 is 2.05 bits per heavy atom. The summed E-state index contributed by atoms with van der Waals surface area (Å²) in [5.74, 6) is 0.0624. The number of nitrogens with two attached hydrogens (primary N) is 1. The average Bonchev–Trinajstić information content (AvgIpc) is 2.41. The van der Waals surface area contributed by atoms with Crippen molar-refractivity contribution in [1.29, 1.82) is 0 Å². The maximum absolute atomic E-state index is 11.6. The Morgan fingerprint density at radius 3 is 2.58 bits per heavy atom. The van der Waals surface area contributed by atoms with Crippen LogP contribution in [-0.4, -0.2) is 27.8 Å². The highest BCUT2D eigenvalue weighted by Gasteiger charge is 2.06. The third-order valence-electron chi connectivity index (χ3n) is 2.45. The Hall–Kier alpha value is -2.70. The fourth-order valence-electron chi connectivity index (χ4n) is 1.52. The van der Waals surface area contributed by atoms with Crippen LogP contribution in [0.1, 0.15) is 0 Å². The molecular weight excluding hydrogens is 248 g/mol. The van der Waals surface area contributed by atoms with Crippen LogP contribution >= 0.6 is 0 Å². The molecule has 0 saturated carbocycles. The van der Waals surface area contributed by atoms with Crippen LogP contribution in [0.4, 0.5) is 0 Å². The Balaban J connectivity index is 2.33. The first-order valence-electron chi connectivity index (χ1n) is 5.47. The van der Waals surface area contributed by atoms with Crippen molar-refractivity contribution in [2.45, 2.75) is 6.54 Å². The van der Waals surface area contributed by atoms with Gasteiger partial charge in [0.15, 0.2) is 0 Å². The minimum Gasteiger partial charge on any atom is -0.497 e. The number of ether oxygens (including phenoxy) is 1. The summed E-state index contributed by atoms with van der Waals surface area (Å²) >= 11 is 0. The second-order valence-electron chi connectivity index (χ2n) is 3.78. The second-order valence-corrected chi connectivity index (χ2v) is 3.78. The van der Waals surface area contributed by atoms with Crippen molar-refractivity contribution in [1.82, 2.24) is 14.8 Å². The number of carbonyl (C=O) groups is 1. The molecule has 2 N–H and O–H groups in total. The monoisotopic (exact) mass is 260 g/mol. The number of methoxy groups -OCH3 is 1. The summed E-state index contributed by atoms with van der Waals surface area (Å²) in [4.78, 5) is 26.2. The van der Waals surface area contributed by atoms with Crippen molar-refractivity contribution in [2.75, 3.05) is 7.11 Å². The molecule has 0 saturated heterocycles. The van der Waals surface area contributed by atoms with E-state index >= 15 is 0 Å². The number of amides is 1. The number of aromatic nitrogens is 3. The molecule has 2 rings (SSSR count). The van der Waals surface area contributed by atoms with Gasteiger partial charge in [-0.2, -0.15) is 10.1 Å². The molecule has 7 heteroatoms. The van der Waals surface area contributed by atoms with E-state index in [1.807, 2.05) is 0 Å². The molecule has 0 unspecified atom stereocenters. The average molecular weight is 260 g/mol. The van der Waals surface area contributed by atoms with Gasteiger partial charge in [-0.25, -0.2) is 9.48 Å². The summed E-state index contributed by atoms with van der Waals surface area (Å²) in [6.07, 6.45) is 1.41. The van der Waals surface area contributed by atoms with E-state index in [9.17, 15) is 9.59 Å². The minimum atomic E-state index is -0.645. The number of nitrogens with zero attached hydrogens (tertiary/aromatic N) is 3. The fraction of sp³-hybridized carbons (Fsp3) is 0.167. The van der Waals surface area contributed by atoms with Gasteiger partial charge in [0.05, 0.1) is 19.0 Å². The molecule has 0 atom stereocenters. The summed E-state index contributed by atoms with van der Waals surface area (Å²) in [5.41, 5.74) is 5.53. The van der Waals surface area contributed by atoms with Gasteiger partial charge in [-0.1, -0.05) is 0 Å². The van der Waals surface area contributed by atoms with Crippen molar-refractivity contribution in [3.05, 3.63) is 40.9 Å². The van der Waals surface area contributed by atoms with E-state index in [2.05, 4.69) is 10.1 Å². The quantitative estimate of drug-likeness (QED) is 0.820. The van der Waals surface area contributed by atoms with Crippen LogP contribution in [0.2, 0.25) is 0 Å². The summed E-state index contributed by atoms with van der Waals surface area (Å²) in [6, 6.07) is 7.04. The summed E-state index contributed by atoms with van der Waals surface area (Å²) in [6.45, 7) is -0.283. The fourth-order valence-corrected chi connectivity index (χ4v) is 1.52. The number of rotatable bonds is 4. The molecule has 1 aromatic carbocycles. The molecule has 0 fully saturated rings. The van der Waals surface area contributed by atoms with Crippen molar-refractivity contribution < 1.29 is 9.53 Å². The molecule has 0 aliphatic carbocycles. The molecule has 0 spiro atoms. The number of benzene rings is 1. The van der Waals surface area contributed by atoms with Crippen LogP contribution < -0.4 is 16.2 Å². The molecule has 1 heterocycles. The van der Waals surface area contributed by atoms with Crippen molar-refractivity contribution in [2.24, 2.45) is 5.73 Å². The molecule has 19 heavy (non-hydrogen) atoms. The van der Waals surface area contributed by atoms with Gasteiger partial charge in [-0.15, -0.1) is 0 Å². The lowest BCUT2D eigenvalue weighted by molar-refractivity contribution is -0.118. The Kier molecular flexibility index (Phi) is 3.56. The molecule has 1 aromatic heterocycles. The Morgan fingerprint density at radius 1 is 1.37 bits per heavy atom. The molecule has 0 radical (unpaired) electrons. The van der Waals surface area contributed by atoms with E-state index in [-0.39, 0.29) is 6.54 Å². The van der Waals surface area contributed by atoms with Crippen LogP contribution in [0.5, 0.6) is 5.75 Å². The van der Waals surface area contributed by atoms with Gasteiger partial charge in [0.25, 0.3) is 0 Å².